The Bertz CT molecular complexity index is 3270. The van der Waals surface area contributed by atoms with E-state index in [1.54, 1.807) is 0 Å². The van der Waals surface area contributed by atoms with Crippen molar-refractivity contribution >= 4 is 75.7 Å². The molecular weight excluding hydrogens is 1030 g/mol. The molecule has 2 aliphatic carbocycles. The van der Waals surface area contributed by atoms with Gasteiger partial charge in [0, 0.05) is 54.1 Å². The molecule has 0 fully saturated rings. The topological polar surface area (TPSA) is 51.6 Å². The number of rotatable bonds is 22. The summed E-state index contributed by atoms with van der Waals surface area (Å²) in [6.45, 7) is 9.30. The minimum atomic E-state index is -0.0645. The van der Waals surface area contributed by atoms with E-state index in [2.05, 4.69) is 157 Å². The molecule has 0 bridgehead atoms. The Morgan fingerprint density at radius 2 is 0.676 bits per heavy atom. The van der Waals surface area contributed by atoms with Crippen molar-refractivity contribution in [2.75, 3.05) is 0 Å². The molecule has 9 aromatic rings. The first kappa shape index (κ1) is 50.8. The minimum absolute atomic E-state index is 0.0645. The van der Waals surface area contributed by atoms with Crippen LogP contribution in [0.2, 0.25) is 0 Å². The number of benzene rings is 6. The lowest BCUT2D eigenvalue weighted by Crippen LogP contribution is -2.25. The molecule has 0 saturated heterocycles. The molecule has 4 nitrogen and oxygen atoms in total. The van der Waals surface area contributed by atoms with Crippen LogP contribution in [0.3, 0.4) is 0 Å². The Balaban J connectivity index is 1.14. The van der Waals surface area contributed by atoms with E-state index in [1.807, 2.05) is 24.5 Å². The summed E-state index contributed by atoms with van der Waals surface area (Å²) in [6, 6.07) is 42.0. The van der Waals surface area contributed by atoms with Gasteiger partial charge in [-0.15, -0.1) is 0 Å². The van der Waals surface area contributed by atoms with E-state index in [1.165, 1.54) is 158 Å². The normalized spacial score (nSPS) is 14.0. The number of fused-ring (bicyclic) bond motifs is 13. The van der Waals surface area contributed by atoms with Crippen LogP contribution in [-0.2, 0) is 10.8 Å². The van der Waals surface area contributed by atoms with E-state index in [0.717, 1.165) is 89.6 Å². The lowest BCUT2D eigenvalue weighted by molar-refractivity contribution is 0.401. The summed E-state index contributed by atoms with van der Waals surface area (Å²) >= 11 is 7.89. The molecule has 0 aliphatic heterocycles. The van der Waals surface area contributed by atoms with Crippen molar-refractivity contribution in [2.24, 2.45) is 0 Å². The summed E-state index contributed by atoms with van der Waals surface area (Å²) in [5.41, 5.74) is 21.3. The van der Waals surface area contributed by atoms with Gasteiger partial charge in [0.2, 0.25) is 0 Å². The molecule has 6 heteroatoms. The van der Waals surface area contributed by atoms with Crippen LogP contribution in [0.15, 0.2) is 131 Å². The molecule has 6 aromatic carbocycles. The first-order chi connectivity index (χ1) is 36.3. The summed E-state index contributed by atoms with van der Waals surface area (Å²) in [5, 5.41) is 1.95. The van der Waals surface area contributed by atoms with Crippen molar-refractivity contribution in [3.63, 3.8) is 0 Å². The second-order valence-electron chi connectivity index (χ2n) is 21.9. The molecule has 11 rings (SSSR count). The average Bonchev–Trinajstić information content (AvgIpc) is 3.84. The molecule has 3 aromatic heterocycles. The van der Waals surface area contributed by atoms with Gasteiger partial charge in [0.05, 0.1) is 33.1 Å². The van der Waals surface area contributed by atoms with E-state index >= 15 is 0 Å². The van der Waals surface area contributed by atoms with Gasteiger partial charge in [0.15, 0.2) is 0 Å². The standard InChI is InChI=1S/C68H72Br2N4/c1-5-9-13-17-35-67(36-18-14-10-6-2)57-41-45(25-29-51(57)53-31-27-47(69)43-59(53)67)49-33-34-50(64-63(49)73-65-55-23-21-39-71-61(55)62-56(66(65)74-64)24-22-40-72-62)46-26-30-52-54-32-28-48(70)44-60(54)68(58(52)42-46,37-19-15-11-7-3)38-20-16-12-8-4/h21-34,39-44H,5-20,35-38H2,1-4H3. The first-order valence-electron chi connectivity index (χ1n) is 28.5. The monoisotopic (exact) mass is 1100 g/mol. The van der Waals surface area contributed by atoms with Gasteiger partial charge >= 0.3 is 0 Å². The van der Waals surface area contributed by atoms with Crippen molar-refractivity contribution in [3.8, 4) is 44.5 Å². The van der Waals surface area contributed by atoms with Gasteiger partial charge in [-0.2, -0.15) is 0 Å². The second kappa shape index (κ2) is 22.1. The van der Waals surface area contributed by atoms with Crippen molar-refractivity contribution in [1.29, 1.82) is 0 Å². The van der Waals surface area contributed by atoms with Gasteiger partial charge in [-0.25, -0.2) is 9.97 Å². The van der Waals surface area contributed by atoms with Gasteiger partial charge in [-0.3, -0.25) is 9.97 Å². The molecule has 0 spiro atoms. The third-order valence-electron chi connectivity index (χ3n) is 17.3. The zero-order chi connectivity index (χ0) is 50.8. The second-order valence-corrected chi connectivity index (χ2v) is 23.7. The molecule has 0 radical (unpaired) electrons. The maximum absolute atomic E-state index is 5.86. The fourth-order valence-electron chi connectivity index (χ4n) is 13.6. The Morgan fingerprint density at radius 3 is 1.04 bits per heavy atom. The molecule has 378 valence electrons. The number of hydrogen-bond acceptors (Lipinski definition) is 4. The van der Waals surface area contributed by atoms with Gasteiger partial charge in [0.25, 0.3) is 0 Å². The third kappa shape index (κ3) is 9.12. The van der Waals surface area contributed by atoms with Crippen LogP contribution in [0.5, 0.6) is 0 Å². The highest BCUT2D eigenvalue weighted by Gasteiger charge is 2.44. The van der Waals surface area contributed by atoms with Crippen molar-refractivity contribution in [2.45, 2.75) is 167 Å². The molecule has 0 amide bonds. The van der Waals surface area contributed by atoms with E-state index in [4.69, 9.17) is 19.9 Å². The summed E-state index contributed by atoms with van der Waals surface area (Å²) in [4.78, 5) is 21.6. The van der Waals surface area contributed by atoms with Crippen LogP contribution in [-0.4, -0.2) is 19.9 Å². The SMILES string of the molecule is CCCCCCC1(CCCCCC)c2cc(Br)ccc2-c2ccc(-c3ccc(-c4ccc5c(c4)C(CCCCCC)(CCCCCC)c4cc(Br)ccc4-5)c4nc5c6cccnc6c6ncccc6c5nc34)cc21. The summed E-state index contributed by atoms with van der Waals surface area (Å²) < 4.78 is 2.33. The van der Waals surface area contributed by atoms with Crippen molar-refractivity contribution in [3.05, 3.63) is 153 Å². The highest BCUT2D eigenvalue weighted by atomic mass is 79.9. The third-order valence-corrected chi connectivity index (χ3v) is 18.3. The lowest BCUT2D eigenvalue weighted by Gasteiger charge is -2.33. The zero-order valence-electron chi connectivity index (χ0n) is 44.2. The van der Waals surface area contributed by atoms with Gasteiger partial charge in [-0.05, 0) is 142 Å². The summed E-state index contributed by atoms with van der Waals surface area (Å²) in [6.07, 6.45) is 28.3. The maximum atomic E-state index is 5.86. The molecule has 3 heterocycles. The molecule has 0 N–H and O–H groups in total. The Labute approximate surface area is 456 Å². The van der Waals surface area contributed by atoms with E-state index in [-0.39, 0.29) is 10.8 Å². The minimum Gasteiger partial charge on any atom is -0.254 e. The molecular formula is C68H72Br2N4. The Hall–Kier alpha value is -5.30. The van der Waals surface area contributed by atoms with E-state index in [9.17, 15) is 0 Å². The fourth-order valence-corrected chi connectivity index (χ4v) is 14.3. The number of aromatic nitrogens is 4. The fraction of sp³-hybridized carbons (Fsp3) is 0.382. The maximum Gasteiger partial charge on any atom is 0.0996 e. The largest absolute Gasteiger partial charge is 0.254 e. The number of halogens is 2. The summed E-state index contributed by atoms with van der Waals surface area (Å²) in [5.74, 6) is 0. The molecule has 0 saturated carbocycles. The van der Waals surface area contributed by atoms with Crippen molar-refractivity contribution in [1.82, 2.24) is 19.9 Å². The molecule has 0 unspecified atom stereocenters. The predicted octanol–water partition coefficient (Wildman–Crippen LogP) is 21.2. The number of pyridine rings is 2. The van der Waals surface area contributed by atoms with Crippen LogP contribution in [0.4, 0.5) is 0 Å². The Kier molecular flexibility index (Phi) is 15.2. The average molecular weight is 1110 g/mol. The molecule has 2 aliphatic rings. The van der Waals surface area contributed by atoms with Crippen LogP contribution in [0, 0.1) is 0 Å². The molecule has 0 atom stereocenters. The van der Waals surface area contributed by atoms with Gasteiger partial charge < -0.3 is 0 Å². The van der Waals surface area contributed by atoms with E-state index < -0.39 is 0 Å². The molecule has 74 heavy (non-hydrogen) atoms. The van der Waals surface area contributed by atoms with Gasteiger partial charge in [0.1, 0.15) is 0 Å². The highest BCUT2D eigenvalue weighted by Crippen LogP contribution is 2.58. The van der Waals surface area contributed by atoms with Gasteiger partial charge in [-0.1, -0.05) is 211 Å². The number of hydrogen-bond donors (Lipinski definition) is 0. The first-order valence-corrected chi connectivity index (χ1v) is 30.1. The van der Waals surface area contributed by atoms with Crippen LogP contribution in [0.1, 0.15) is 178 Å². The number of unbranched alkanes of at least 4 members (excludes halogenated alkanes) is 12. The smallest absolute Gasteiger partial charge is 0.0996 e. The zero-order valence-corrected chi connectivity index (χ0v) is 47.4. The summed E-state index contributed by atoms with van der Waals surface area (Å²) in [7, 11) is 0. The van der Waals surface area contributed by atoms with Crippen LogP contribution >= 0.6 is 31.9 Å². The van der Waals surface area contributed by atoms with Crippen LogP contribution < -0.4 is 0 Å². The Morgan fingerprint density at radius 1 is 0.338 bits per heavy atom. The predicted molar refractivity (Wildman–Crippen MR) is 321 cm³/mol. The quantitative estimate of drug-likeness (QED) is 0.0386. The van der Waals surface area contributed by atoms with Crippen molar-refractivity contribution < 1.29 is 0 Å². The number of nitrogens with zero attached hydrogens (tertiary/aromatic N) is 4. The lowest BCUT2D eigenvalue weighted by atomic mass is 9.70. The van der Waals surface area contributed by atoms with Crippen LogP contribution in [0.25, 0.3) is 88.4 Å². The highest BCUT2D eigenvalue weighted by molar-refractivity contribution is 9.10. The van der Waals surface area contributed by atoms with E-state index in [0.29, 0.717) is 0 Å².